The Kier molecular flexibility index (Phi) is 6.12. The van der Waals surface area contributed by atoms with Gasteiger partial charge in [-0.25, -0.2) is 0 Å². The van der Waals surface area contributed by atoms with Crippen LogP contribution in [0.1, 0.15) is 36.8 Å². The van der Waals surface area contributed by atoms with Gasteiger partial charge in [0, 0.05) is 30.1 Å². The molecular weight excluding hydrogens is 296 g/mol. The molecule has 118 valence electrons. The number of rotatable bonds is 7. The van der Waals surface area contributed by atoms with Gasteiger partial charge in [0.2, 0.25) is 5.91 Å². The first kappa shape index (κ1) is 16.7. The van der Waals surface area contributed by atoms with Crippen LogP contribution in [0.15, 0.2) is 41.8 Å². The largest absolute Gasteiger partial charge is 0.388 e. The molecule has 0 saturated carbocycles. The molecule has 5 heteroatoms. The molecular formula is C17H22N2O2S. The van der Waals surface area contributed by atoms with E-state index >= 15 is 0 Å². The highest BCUT2D eigenvalue weighted by molar-refractivity contribution is 7.10. The standard InChI is InChI=1S/C17H22N2O2S/c1-12(10-16(21)17-4-3-9-22-17)18-11-14-5-7-15(8-6-14)19-13(2)20/h3-9,12,16,18,21H,10-11H2,1-2H3,(H,19,20). The van der Waals surface area contributed by atoms with Crippen molar-refractivity contribution in [3.63, 3.8) is 0 Å². The molecule has 1 aromatic carbocycles. The molecule has 0 aliphatic rings. The number of amides is 1. The van der Waals surface area contributed by atoms with Crippen molar-refractivity contribution in [2.45, 2.75) is 39.0 Å². The first-order chi connectivity index (χ1) is 10.5. The zero-order valence-electron chi connectivity index (χ0n) is 12.9. The van der Waals surface area contributed by atoms with E-state index in [1.54, 1.807) is 11.3 Å². The molecule has 3 N–H and O–H groups in total. The van der Waals surface area contributed by atoms with Crippen LogP contribution in [-0.2, 0) is 11.3 Å². The van der Waals surface area contributed by atoms with Crippen LogP contribution in [-0.4, -0.2) is 17.1 Å². The van der Waals surface area contributed by atoms with Crippen molar-refractivity contribution in [1.29, 1.82) is 0 Å². The molecule has 0 bridgehead atoms. The van der Waals surface area contributed by atoms with Crippen molar-refractivity contribution in [2.75, 3.05) is 5.32 Å². The Balaban J connectivity index is 1.78. The van der Waals surface area contributed by atoms with Gasteiger partial charge in [-0.15, -0.1) is 11.3 Å². The molecule has 1 aromatic heterocycles. The van der Waals surface area contributed by atoms with Crippen LogP contribution in [0.5, 0.6) is 0 Å². The predicted molar refractivity (Wildman–Crippen MR) is 90.9 cm³/mol. The van der Waals surface area contributed by atoms with E-state index in [0.717, 1.165) is 22.7 Å². The average Bonchev–Trinajstić information content (AvgIpc) is 3.00. The minimum Gasteiger partial charge on any atom is -0.388 e. The lowest BCUT2D eigenvalue weighted by molar-refractivity contribution is -0.114. The Bertz CT molecular complexity index is 581. The molecule has 0 fully saturated rings. The number of aliphatic hydroxyl groups excluding tert-OH is 1. The van der Waals surface area contributed by atoms with E-state index in [-0.39, 0.29) is 11.9 Å². The molecule has 0 aliphatic heterocycles. The summed E-state index contributed by atoms with van der Waals surface area (Å²) in [6, 6.07) is 11.9. The van der Waals surface area contributed by atoms with Gasteiger partial charge in [0.05, 0.1) is 6.10 Å². The molecule has 2 atom stereocenters. The van der Waals surface area contributed by atoms with Crippen molar-refractivity contribution in [3.05, 3.63) is 52.2 Å². The van der Waals surface area contributed by atoms with Crippen LogP contribution in [0.25, 0.3) is 0 Å². The van der Waals surface area contributed by atoms with E-state index in [0.29, 0.717) is 6.42 Å². The number of thiophene rings is 1. The molecule has 2 unspecified atom stereocenters. The van der Waals surface area contributed by atoms with E-state index in [9.17, 15) is 9.90 Å². The second kappa shape index (κ2) is 8.08. The molecule has 0 saturated heterocycles. The van der Waals surface area contributed by atoms with E-state index < -0.39 is 6.10 Å². The topological polar surface area (TPSA) is 61.4 Å². The summed E-state index contributed by atoms with van der Waals surface area (Å²) >= 11 is 1.58. The minimum atomic E-state index is -0.412. The fraction of sp³-hybridized carbons (Fsp3) is 0.353. The van der Waals surface area contributed by atoms with Gasteiger partial charge in [-0.1, -0.05) is 18.2 Å². The summed E-state index contributed by atoms with van der Waals surface area (Å²) in [5, 5.41) is 18.3. The van der Waals surface area contributed by atoms with Gasteiger partial charge in [-0.3, -0.25) is 4.79 Å². The molecule has 4 nitrogen and oxygen atoms in total. The fourth-order valence-electron chi connectivity index (χ4n) is 2.22. The lowest BCUT2D eigenvalue weighted by Crippen LogP contribution is -2.27. The summed E-state index contributed by atoms with van der Waals surface area (Å²) in [5.74, 6) is -0.0675. The zero-order chi connectivity index (χ0) is 15.9. The van der Waals surface area contributed by atoms with Gasteiger partial charge < -0.3 is 15.7 Å². The van der Waals surface area contributed by atoms with Crippen LogP contribution < -0.4 is 10.6 Å². The number of hydrogen-bond acceptors (Lipinski definition) is 4. The minimum absolute atomic E-state index is 0.0675. The molecule has 2 rings (SSSR count). The monoisotopic (exact) mass is 318 g/mol. The summed E-state index contributed by atoms with van der Waals surface area (Å²) in [6.07, 6.45) is 0.273. The maximum Gasteiger partial charge on any atom is 0.221 e. The van der Waals surface area contributed by atoms with Crippen LogP contribution in [0.4, 0.5) is 5.69 Å². The maximum atomic E-state index is 11.0. The Hall–Kier alpha value is -1.69. The molecule has 0 aliphatic carbocycles. The van der Waals surface area contributed by atoms with Gasteiger partial charge >= 0.3 is 0 Å². The third kappa shape index (κ3) is 5.26. The number of carbonyl (C=O) groups is 1. The first-order valence-corrected chi connectivity index (χ1v) is 8.24. The van der Waals surface area contributed by atoms with Gasteiger partial charge in [-0.05, 0) is 42.5 Å². The molecule has 1 heterocycles. The highest BCUT2D eigenvalue weighted by atomic mass is 32.1. The highest BCUT2D eigenvalue weighted by Gasteiger charge is 2.12. The third-order valence-electron chi connectivity index (χ3n) is 3.38. The summed E-state index contributed by atoms with van der Waals surface area (Å²) in [5.41, 5.74) is 1.95. The van der Waals surface area contributed by atoms with E-state index in [1.165, 1.54) is 6.92 Å². The normalized spacial score (nSPS) is 13.6. The van der Waals surface area contributed by atoms with E-state index in [4.69, 9.17) is 0 Å². The highest BCUT2D eigenvalue weighted by Crippen LogP contribution is 2.22. The molecule has 2 aromatic rings. The average molecular weight is 318 g/mol. The molecule has 0 radical (unpaired) electrons. The van der Waals surface area contributed by atoms with Crippen molar-refractivity contribution in [2.24, 2.45) is 0 Å². The lowest BCUT2D eigenvalue weighted by Gasteiger charge is -2.17. The van der Waals surface area contributed by atoms with Gasteiger partial charge in [0.1, 0.15) is 0 Å². The summed E-state index contributed by atoms with van der Waals surface area (Å²) in [4.78, 5) is 12.0. The van der Waals surface area contributed by atoms with Crippen molar-refractivity contribution in [3.8, 4) is 0 Å². The zero-order valence-corrected chi connectivity index (χ0v) is 13.7. The SMILES string of the molecule is CC(=O)Nc1ccc(CNC(C)CC(O)c2cccs2)cc1. The number of nitrogens with one attached hydrogen (secondary N) is 2. The summed E-state index contributed by atoms with van der Waals surface area (Å²) in [6.45, 7) is 4.30. The number of benzene rings is 1. The second-order valence-electron chi connectivity index (χ2n) is 5.43. The molecule has 22 heavy (non-hydrogen) atoms. The quantitative estimate of drug-likeness (QED) is 0.734. The van der Waals surface area contributed by atoms with Crippen LogP contribution in [0.3, 0.4) is 0 Å². The predicted octanol–water partition coefficient (Wildman–Crippen LogP) is 3.31. The number of aliphatic hydroxyl groups is 1. The Labute approximate surface area is 135 Å². The Morgan fingerprint density at radius 3 is 2.59 bits per heavy atom. The maximum absolute atomic E-state index is 11.0. The van der Waals surface area contributed by atoms with Crippen LogP contribution in [0.2, 0.25) is 0 Å². The van der Waals surface area contributed by atoms with Crippen molar-refractivity contribution < 1.29 is 9.90 Å². The van der Waals surface area contributed by atoms with E-state index in [1.807, 2.05) is 41.8 Å². The lowest BCUT2D eigenvalue weighted by atomic mass is 10.1. The van der Waals surface area contributed by atoms with E-state index in [2.05, 4.69) is 17.6 Å². The first-order valence-electron chi connectivity index (χ1n) is 7.36. The summed E-state index contributed by atoms with van der Waals surface area (Å²) < 4.78 is 0. The van der Waals surface area contributed by atoms with Gasteiger partial charge in [0.15, 0.2) is 0 Å². The molecule has 0 spiro atoms. The van der Waals surface area contributed by atoms with Crippen LogP contribution >= 0.6 is 11.3 Å². The number of anilines is 1. The third-order valence-corrected chi connectivity index (χ3v) is 4.35. The summed E-state index contributed by atoms with van der Waals surface area (Å²) in [7, 11) is 0. The van der Waals surface area contributed by atoms with Crippen LogP contribution in [0, 0.1) is 0 Å². The number of hydrogen-bond donors (Lipinski definition) is 3. The van der Waals surface area contributed by atoms with Gasteiger partial charge in [-0.2, -0.15) is 0 Å². The van der Waals surface area contributed by atoms with Crippen molar-refractivity contribution >= 4 is 22.9 Å². The van der Waals surface area contributed by atoms with Crippen molar-refractivity contribution in [1.82, 2.24) is 5.32 Å². The second-order valence-corrected chi connectivity index (χ2v) is 6.41. The smallest absolute Gasteiger partial charge is 0.221 e. The van der Waals surface area contributed by atoms with Gasteiger partial charge in [0.25, 0.3) is 0 Å². The molecule has 1 amide bonds. The Morgan fingerprint density at radius 1 is 1.27 bits per heavy atom. The Morgan fingerprint density at radius 2 is 2.00 bits per heavy atom. The fourth-order valence-corrected chi connectivity index (χ4v) is 2.94. The number of carbonyl (C=O) groups excluding carboxylic acids is 1.